The number of hydrogen-bond acceptors (Lipinski definition) is 7. The smallest absolute Gasteiger partial charge is 0.261 e. The van der Waals surface area contributed by atoms with Crippen molar-refractivity contribution >= 4 is 43.1 Å². The minimum absolute atomic E-state index is 0.00585. The molecule has 0 atom stereocenters. The number of fused-ring (bicyclic) bond motifs is 3. The monoisotopic (exact) mass is 533 g/mol. The van der Waals surface area contributed by atoms with Gasteiger partial charge in [0.2, 0.25) is 5.88 Å². The third-order valence-corrected chi connectivity index (χ3v) is 7.84. The summed E-state index contributed by atoms with van der Waals surface area (Å²) in [6, 6.07) is 19.3. The van der Waals surface area contributed by atoms with Gasteiger partial charge in [-0.2, -0.15) is 0 Å². The number of ether oxygens (including phenoxy) is 2. The van der Waals surface area contributed by atoms with E-state index in [-0.39, 0.29) is 41.6 Å². The van der Waals surface area contributed by atoms with Crippen LogP contribution in [-0.4, -0.2) is 24.9 Å². The summed E-state index contributed by atoms with van der Waals surface area (Å²) in [6.45, 7) is 0.159. The quantitative estimate of drug-likeness (QED) is 0.268. The van der Waals surface area contributed by atoms with Crippen molar-refractivity contribution < 1.29 is 27.4 Å². The molecule has 0 fully saturated rings. The Bertz CT molecular complexity index is 1850. The van der Waals surface area contributed by atoms with E-state index in [0.29, 0.717) is 22.4 Å². The second-order valence-electron chi connectivity index (χ2n) is 8.86. The Labute approximate surface area is 216 Å². The van der Waals surface area contributed by atoms with Gasteiger partial charge in [-0.1, -0.05) is 30.3 Å². The zero-order chi connectivity index (χ0) is 26.4. The molecule has 38 heavy (non-hydrogen) atoms. The number of hydrogen-bond donors (Lipinski definition) is 2. The first kappa shape index (κ1) is 23.9. The highest BCUT2D eigenvalue weighted by molar-refractivity contribution is 7.92. The van der Waals surface area contributed by atoms with Gasteiger partial charge in [0.25, 0.3) is 10.0 Å². The maximum Gasteiger partial charge on any atom is 0.261 e. The summed E-state index contributed by atoms with van der Waals surface area (Å²) in [7, 11) is -3.96. The van der Waals surface area contributed by atoms with Crippen molar-refractivity contribution in [2.45, 2.75) is 18.0 Å². The zero-order valence-electron chi connectivity index (χ0n) is 19.7. The van der Waals surface area contributed by atoms with Gasteiger partial charge in [0.05, 0.1) is 23.6 Å². The van der Waals surface area contributed by atoms with E-state index in [2.05, 4.69) is 9.90 Å². The number of sulfonamides is 1. The lowest BCUT2D eigenvalue weighted by atomic mass is 10.1. The van der Waals surface area contributed by atoms with E-state index in [1.54, 1.807) is 18.2 Å². The minimum atomic E-state index is -3.96. The Hall–Kier alpha value is -4.48. The molecule has 11 heteroatoms. The number of nitroso groups, excluding NO2 is 1. The standard InChI is InChI=1S/C27H20FN3O6S/c28-20-9-18(26-19(10-20)14-36-15-37-26)13-31-24-8-6-21(12-23(24)25(29-33)27(31)32)30-38(34,35)22-7-5-16-3-1-2-4-17(16)11-22/h1-12,30,32H,13-15H2. The fourth-order valence-electron chi connectivity index (χ4n) is 4.73. The van der Waals surface area contributed by atoms with Gasteiger partial charge in [-0.25, -0.2) is 12.8 Å². The summed E-state index contributed by atoms with van der Waals surface area (Å²) in [6.07, 6.45) is 0. The molecule has 0 aliphatic carbocycles. The van der Waals surface area contributed by atoms with Gasteiger partial charge in [0.1, 0.15) is 11.6 Å². The summed E-state index contributed by atoms with van der Waals surface area (Å²) >= 11 is 0. The second-order valence-corrected chi connectivity index (χ2v) is 10.5. The predicted molar refractivity (Wildman–Crippen MR) is 140 cm³/mol. The average molecular weight is 534 g/mol. The maximum absolute atomic E-state index is 14.3. The SMILES string of the molecule is O=Nc1c(O)n(Cc2cc(F)cc3c2OCOC3)c2ccc(NS(=O)(=O)c3ccc4ccccc4c3)cc12. The fraction of sp³-hybridized carbons (Fsp3) is 0.111. The first-order valence-corrected chi connectivity index (χ1v) is 13.0. The highest BCUT2D eigenvalue weighted by Crippen LogP contribution is 2.41. The van der Waals surface area contributed by atoms with E-state index in [1.165, 1.54) is 34.9 Å². The van der Waals surface area contributed by atoms with E-state index < -0.39 is 21.7 Å². The van der Waals surface area contributed by atoms with E-state index in [0.717, 1.165) is 10.8 Å². The van der Waals surface area contributed by atoms with Crippen molar-refractivity contribution in [1.82, 2.24) is 4.57 Å². The first-order valence-electron chi connectivity index (χ1n) is 11.6. The third-order valence-electron chi connectivity index (χ3n) is 6.46. The molecule has 0 radical (unpaired) electrons. The van der Waals surface area contributed by atoms with Crippen molar-refractivity contribution in [3.63, 3.8) is 0 Å². The Morgan fingerprint density at radius 2 is 1.84 bits per heavy atom. The van der Waals surface area contributed by atoms with Gasteiger partial charge in [0.15, 0.2) is 12.5 Å². The number of halogens is 1. The molecule has 2 N–H and O–H groups in total. The lowest BCUT2D eigenvalue weighted by molar-refractivity contribution is -0.0173. The van der Waals surface area contributed by atoms with Crippen LogP contribution in [0.3, 0.4) is 0 Å². The number of aromatic nitrogens is 1. The lowest BCUT2D eigenvalue weighted by Crippen LogP contribution is -2.14. The van der Waals surface area contributed by atoms with Crippen molar-refractivity contribution in [3.8, 4) is 11.6 Å². The third kappa shape index (κ3) is 4.11. The van der Waals surface area contributed by atoms with Crippen LogP contribution in [0.25, 0.3) is 21.7 Å². The molecule has 0 unspecified atom stereocenters. The van der Waals surface area contributed by atoms with Gasteiger partial charge in [0, 0.05) is 22.2 Å². The topological polar surface area (TPSA) is 119 Å². The lowest BCUT2D eigenvalue weighted by Gasteiger charge is -2.21. The highest BCUT2D eigenvalue weighted by Gasteiger charge is 2.23. The molecule has 192 valence electrons. The van der Waals surface area contributed by atoms with Crippen molar-refractivity contribution in [3.05, 3.63) is 94.6 Å². The summed E-state index contributed by atoms with van der Waals surface area (Å²) in [5, 5.41) is 15.7. The molecule has 1 aliphatic rings. The Balaban J connectivity index is 1.38. The van der Waals surface area contributed by atoms with Crippen molar-refractivity contribution in [1.29, 1.82) is 0 Å². The molecule has 4 aromatic carbocycles. The average Bonchev–Trinajstić information content (AvgIpc) is 3.17. The van der Waals surface area contributed by atoms with E-state index in [1.807, 2.05) is 24.3 Å². The van der Waals surface area contributed by atoms with Crippen LogP contribution >= 0.6 is 0 Å². The molecule has 0 spiro atoms. The van der Waals surface area contributed by atoms with Gasteiger partial charge in [-0.3, -0.25) is 4.72 Å². The van der Waals surface area contributed by atoms with Crippen LogP contribution in [0.2, 0.25) is 0 Å². The summed E-state index contributed by atoms with van der Waals surface area (Å²) in [5.41, 5.74) is 1.28. The van der Waals surface area contributed by atoms with Crippen LogP contribution in [0, 0.1) is 10.7 Å². The van der Waals surface area contributed by atoms with Crippen LogP contribution < -0.4 is 9.46 Å². The van der Waals surface area contributed by atoms with Crippen LogP contribution in [-0.2, 0) is 27.9 Å². The molecular formula is C27H20FN3O6S. The largest absolute Gasteiger partial charge is 0.493 e. The Morgan fingerprint density at radius 1 is 1.03 bits per heavy atom. The van der Waals surface area contributed by atoms with E-state index in [9.17, 15) is 22.8 Å². The van der Waals surface area contributed by atoms with E-state index in [4.69, 9.17) is 9.47 Å². The molecule has 6 rings (SSSR count). The number of aromatic hydroxyl groups is 1. The number of nitrogens with zero attached hydrogens (tertiary/aromatic N) is 2. The summed E-state index contributed by atoms with van der Waals surface area (Å²) < 4.78 is 55.2. The van der Waals surface area contributed by atoms with Gasteiger partial charge >= 0.3 is 0 Å². The maximum atomic E-state index is 14.3. The molecule has 0 bridgehead atoms. The molecule has 0 saturated carbocycles. The van der Waals surface area contributed by atoms with Crippen molar-refractivity contribution in [2.24, 2.45) is 5.18 Å². The number of rotatable bonds is 6. The Kier molecular flexibility index (Phi) is 5.73. The highest BCUT2D eigenvalue weighted by atomic mass is 32.2. The Morgan fingerprint density at radius 3 is 2.66 bits per heavy atom. The molecule has 0 saturated heterocycles. The van der Waals surface area contributed by atoms with Crippen molar-refractivity contribution in [2.75, 3.05) is 11.5 Å². The molecule has 1 aliphatic heterocycles. The van der Waals surface area contributed by atoms with Crippen LogP contribution in [0.15, 0.2) is 82.9 Å². The van der Waals surface area contributed by atoms with Gasteiger partial charge < -0.3 is 19.1 Å². The molecule has 5 aromatic rings. The molecule has 9 nitrogen and oxygen atoms in total. The minimum Gasteiger partial charge on any atom is -0.493 e. The van der Waals surface area contributed by atoms with Crippen LogP contribution in [0.1, 0.15) is 11.1 Å². The zero-order valence-corrected chi connectivity index (χ0v) is 20.5. The van der Waals surface area contributed by atoms with Crippen LogP contribution in [0.5, 0.6) is 11.6 Å². The number of benzene rings is 4. The summed E-state index contributed by atoms with van der Waals surface area (Å²) in [5.74, 6) is -0.489. The molecule has 2 heterocycles. The van der Waals surface area contributed by atoms with E-state index >= 15 is 0 Å². The number of anilines is 1. The molecule has 0 amide bonds. The molecular weight excluding hydrogens is 513 g/mol. The molecule has 1 aromatic heterocycles. The predicted octanol–water partition coefficient (Wildman–Crippen LogP) is 5.75. The second kappa shape index (κ2) is 9.12. The van der Waals surface area contributed by atoms with Gasteiger partial charge in [-0.15, -0.1) is 4.91 Å². The summed E-state index contributed by atoms with van der Waals surface area (Å²) in [4.78, 5) is 11.7. The number of nitrogens with one attached hydrogen (secondary N) is 1. The fourth-order valence-corrected chi connectivity index (χ4v) is 5.81. The normalized spacial score (nSPS) is 13.3. The van der Waals surface area contributed by atoms with Crippen LogP contribution in [0.4, 0.5) is 15.8 Å². The first-order chi connectivity index (χ1) is 18.3. The van der Waals surface area contributed by atoms with Gasteiger partial charge in [-0.05, 0) is 58.4 Å².